The highest BCUT2D eigenvalue weighted by Crippen LogP contribution is 2.48. The number of hydrogen-bond donors (Lipinski definition) is 1. The molecule has 1 aromatic rings. The summed E-state index contributed by atoms with van der Waals surface area (Å²) in [5.74, 6) is 0.890. The fraction of sp³-hybridized carbons (Fsp3) is 0.500. The number of nitrogens with two attached hydrogens (primary N) is 1. The van der Waals surface area contributed by atoms with Crippen LogP contribution in [0.4, 0.5) is 5.69 Å². The van der Waals surface area contributed by atoms with Gasteiger partial charge in [0.05, 0.1) is 12.7 Å². The van der Waals surface area contributed by atoms with Gasteiger partial charge in [-0.2, -0.15) is 5.26 Å². The van der Waals surface area contributed by atoms with E-state index in [1.165, 1.54) is 0 Å². The molecule has 0 atom stereocenters. The van der Waals surface area contributed by atoms with E-state index >= 15 is 0 Å². The van der Waals surface area contributed by atoms with E-state index in [0.717, 1.165) is 35.4 Å². The predicted octanol–water partition coefficient (Wildman–Crippen LogP) is 2.96. The van der Waals surface area contributed by atoms with Crippen LogP contribution in [0.5, 0.6) is 5.75 Å². The van der Waals surface area contributed by atoms with Crippen molar-refractivity contribution in [2.24, 2.45) is 5.41 Å². The van der Waals surface area contributed by atoms with Crippen LogP contribution in [0.25, 0.3) is 0 Å². The number of ether oxygens (including phenoxy) is 1. The largest absolute Gasteiger partial charge is 0.493 e. The zero-order valence-corrected chi connectivity index (χ0v) is 10.4. The number of rotatable bonds is 4. The molecule has 1 aromatic carbocycles. The van der Waals surface area contributed by atoms with Gasteiger partial charge in [0.25, 0.3) is 0 Å². The normalized spacial score (nSPS) is 16.3. The van der Waals surface area contributed by atoms with Crippen molar-refractivity contribution in [2.75, 3.05) is 12.3 Å². The number of hydrogen-bond acceptors (Lipinski definition) is 3. The highest BCUT2D eigenvalue weighted by atomic mass is 16.5. The van der Waals surface area contributed by atoms with Crippen molar-refractivity contribution < 1.29 is 4.74 Å². The number of benzene rings is 1. The van der Waals surface area contributed by atoms with Gasteiger partial charge in [0.2, 0.25) is 0 Å². The zero-order chi connectivity index (χ0) is 12.5. The standard InChI is InChI=1S/C14H18N2O/c1-10-8-13(11(2)7-12(10)16)17-9-14(3-4-14)5-6-15/h7-8H,3-5,9,16H2,1-2H3. The second kappa shape index (κ2) is 4.29. The highest BCUT2D eigenvalue weighted by Gasteiger charge is 2.43. The van der Waals surface area contributed by atoms with Gasteiger partial charge in [0.1, 0.15) is 5.75 Å². The predicted molar refractivity (Wildman–Crippen MR) is 67.7 cm³/mol. The third-order valence-corrected chi connectivity index (χ3v) is 3.51. The molecule has 0 unspecified atom stereocenters. The zero-order valence-electron chi connectivity index (χ0n) is 10.4. The van der Waals surface area contributed by atoms with Gasteiger partial charge >= 0.3 is 0 Å². The molecule has 0 bridgehead atoms. The molecule has 1 saturated carbocycles. The Labute approximate surface area is 102 Å². The quantitative estimate of drug-likeness (QED) is 0.809. The Kier molecular flexibility index (Phi) is 2.97. The summed E-state index contributed by atoms with van der Waals surface area (Å²) in [6.07, 6.45) is 2.81. The molecular formula is C14H18N2O. The Morgan fingerprint density at radius 2 is 2.06 bits per heavy atom. The van der Waals surface area contributed by atoms with Crippen molar-refractivity contribution in [1.29, 1.82) is 5.26 Å². The third-order valence-electron chi connectivity index (χ3n) is 3.51. The summed E-state index contributed by atoms with van der Waals surface area (Å²) in [5, 5.41) is 8.75. The minimum Gasteiger partial charge on any atom is -0.493 e. The molecule has 1 fully saturated rings. The molecule has 0 amide bonds. The Morgan fingerprint density at radius 3 is 2.65 bits per heavy atom. The van der Waals surface area contributed by atoms with Crippen LogP contribution in [-0.2, 0) is 0 Å². The molecule has 0 radical (unpaired) electrons. The van der Waals surface area contributed by atoms with Crippen molar-refractivity contribution in [3.05, 3.63) is 23.3 Å². The average Bonchev–Trinajstić information content (AvgIpc) is 3.03. The lowest BCUT2D eigenvalue weighted by atomic mass is 10.1. The van der Waals surface area contributed by atoms with Crippen LogP contribution in [0.2, 0.25) is 0 Å². The SMILES string of the molecule is Cc1cc(OCC2(CC#N)CC2)c(C)cc1N. The first-order valence-electron chi connectivity index (χ1n) is 5.93. The van der Waals surface area contributed by atoms with Crippen LogP contribution in [0, 0.1) is 30.6 Å². The van der Waals surface area contributed by atoms with E-state index in [1.807, 2.05) is 26.0 Å². The Balaban J connectivity index is 2.05. The van der Waals surface area contributed by atoms with Gasteiger partial charge in [0.15, 0.2) is 0 Å². The van der Waals surface area contributed by atoms with Crippen LogP contribution in [0.3, 0.4) is 0 Å². The van der Waals surface area contributed by atoms with Crippen molar-refractivity contribution in [3.63, 3.8) is 0 Å². The maximum atomic E-state index is 8.75. The van der Waals surface area contributed by atoms with E-state index in [-0.39, 0.29) is 5.41 Å². The topological polar surface area (TPSA) is 59.0 Å². The van der Waals surface area contributed by atoms with Crippen LogP contribution in [0.15, 0.2) is 12.1 Å². The Bertz CT molecular complexity index is 470. The number of nitrogens with zero attached hydrogens (tertiary/aromatic N) is 1. The summed E-state index contributed by atoms with van der Waals surface area (Å²) in [7, 11) is 0. The number of nitriles is 1. The van der Waals surface area contributed by atoms with E-state index in [1.54, 1.807) is 0 Å². The van der Waals surface area contributed by atoms with Crippen LogP contribution in [0.1, 0.15) is 30.4 Å². The van der Waals surface area contributed by atoms with Crippen LogP contribution < -0.4 is 10.5 Å². The van der Waals surface area contributed by atoms with Gasteiger partial charge in [-0.3, -0.25) is 0 Å². The smallest absolute Gasteiger partial charge is 0.122 e. The summed E-state index contributed by atoms with van der Waals surface area (Å²) in [4.78, 5) is 0. The molecule has 3 heteroatoms. The van der Waals surface area contributed by atoms with E-state index in [4.69, 9.17) is 15.7 Å². The highest BCUT2D eigenvalue weighted by molar-refractivity contribution is 5.53. The number of nitrogen functional groups attached to an aromatic ring is 1. The molecule has 90 valence electrons. The van der Waals surface area contributed by atoms with Crippen molar-refractivity contribution >= 4 is 5.69 Å². The first-order valence-corrected chi connectivity index (χ1v) is 5.93. The first-order chi connectivity index (χ1) is 8.06. The molecule has 0 spiro atoms. The minimum atomic E-state index is 0.122. The molecule has 0 aliphatic heterocycles. The van der Waals surface area contributed by atoms with E-state index < -0.39 is 0 Å². The molecule has 2 rings (SSSR count). The van der Waals surface area contributed by atoms with Crippen molar-refractivity contribution in [2.45, 2.75) is 33.1 Å². The maximum Gasteiger partial charge on any atom is 0.122 e. The summed E-state index contributed by atoms with van der Waals surface area (Å²) in [5.41, 5.74) is 8.85. The van der Waals surface area contributed by atoms with Crippen LogP contribution >= 0.6 is 0 Å². The van der Waals surface area contributed by atoms with E-state index in [9.17, 15) is 0 Å². The molecule has 0 aromatic heterocycles. The summed E-state index contributed by atoms with van der Waals surface area (Å²) in [6, 6.07) is 6.16. The molecule has 0 heterocycles. The fourth-order valence-electron chi connectivity index (χ4n) is 1.92. The molecular weight excluding hydrogens is 212 g/mol. The van der Waals surface area contributed by atoms with Gasteiger partial charge in [-0.15, -0.1) is 0 Å². The average molecular weight is 230 g/mol. The first kappa shape index (κ1) is 11.8. The van der Waals surface area contributed by atoms with Crippen molar-refractivity contribution in [3.8, 4) is 11.8 Å². The fourth-order valence-corrected chi connectivity index (χ4v) is 1.92. The van der Waals surface area contributed by atoms with E-state index in [2.05, 4.69) is 6.07 Å². The Morgan fingerprint density at radius 1 is 1.35 bits per heavy atom. The second-order valence-electron chi connectivity index (χ2n) is 5.10. The maximum absolute atomic E-state index is 8.75. The minimum absolute atomic E-state index is 0.122. The Hall–Kier alpha value is -1.69. The second-order valence-corrected chi connectivity index (χ2v) is 5.10. The summed E-state index contributed by atoms with van der Waals surface area (Å²) < 4.78 is 5.85. The van der Waals surface area contributed by atoms with E-state index in [0.29, 0.717) is 13.0 Å². The van der Waals surface area contributed by atoms with Gasteiger partial charge in [-0.25, -0.2) is 0 Å². The monoisotopic (exact) mass is 230 g/mol. The van der Waals surface area contributed by atoms with Crippen LogP contribution in [-0.4, -0.2) is 6.61 Å². The number of anilines is 1. The summed E-state index contributed by atoms with van der Waals surface area (Å²) in [6.45, 7) is 4.61. The molecule has 0 saturated heterocycles. The molecule has 2 N–H and O–H groups in total. The summed E-state index contributed by atoms with van der Waals surface area (Å²) >= 11 is 0. The lowest BCUT2D eigenvalue weighted by Gasteiger charge is -2.15. The van der Waals surface area contributed by atoms with Gasteiger partial charge in [-0.05, 0) is 49.9 Å². The molecule has 3 nitrogen and oxygen atoms in total. The lowest BCUT2D eigenvalue weighted by Crippen LogP contribution is -2.13. The third kappa shape index (κ3) is 2.52. The molecule has 1 aliphatic rings. The van der Waals surface area contributed by atoms with Gasteiger partial charge < -0.3 is 10.5 Å². The number of aryl methyl sites for hydroxylation is 2. The van der Waals surface area contributed by atoms with Gasteiger partial charge in [-0.1, -0.05) is 0 Å². The van der Waals surface area contributed by atoms with Gasteiger partial charge in [0, 0.05) is 17.5 Å². The molecule has 1 aliphatic carbocycles. The lowest BCUT2D eigenvalue weighted by molar-refractivity contribution is 0.235. The van der Waals surface area contributed by atoms with Crippen molar-refractivity contribution in [1.82, 2.24) is 0 Å². The molecule has 17 heavy (non-hydrogen) atoms.